The highest BCUT2D eigenvalue weighted by Crippen LogP contribution is 2.29. The van der Waals surface area contributed by atoms with Crippen LogP contribution in [-0.4, -0.2) is 5.78 Å². The first-order chi connectivity index (χ1) is 9.86. The zero-order valence-electron chi connectivity index (χ0n) is 10.7. The van der Waals surface area contributed by atoms with E-state index in [0.717, 1.165) is 17.7 Å². The van der Waals surface area contributed by atoms with Gasteiger partial charge in [0.25, 0.3) is 0 Å². The van der Waals surface area contributed by atoms with Gasteiger partial charge in [-0.1, -0.05) is 41.9 Å². The van der Waals surface area contributed by atoms with E-state index < -0.39 is 17.5 Å². The summed E-state index contributed by atoms with van der Waals surface area (Å²) in [6.45, 7) is 0. The van der Waals surface area contributed by atoms with Crippen molar-refractivity contribution in [2.24, 2.45) is 0 Å². The molecule has 2 aromatic carbocycles. The van der Waals surface area contributed by atoms with Gasteiger partial charge >= 0.3 is 6.18 Å². The molecule has 0 aromatic heterocycles. The molecule has 0 aliphatic rings. The third-order valence-corrected chi connectivity index (χ3v) is 3.02. The Morgan fingerprint density at radius 3 is 2.33 bits per heavy atom. The molecule has 0 radical (unpaired) electrons. The van der Waals surface area contributed by atoms with Crippen molar-refractivity contribution in [1.29, 1.82) is 0 Å². The minimum absolute atomic E-state index is 0.00459. The lowest BCUT2D eigenvalue weighted by molar-refractivity contribution is -0.137. The Bertz CT molecular complexity index is 673. The number of hydrogen-bond donors (Lipinski definition) is 0. The van der Waals surface area contributed by atoms with Gasteiger partial charge in [-0.3, -0.25) is 4.79 Å². The maximum Gasteiger partial charge on any atom is 0.416 e. The number of benzene rings is 2. The Hall–Kier alpha value is -2.07. The summed E-state index contributed by atoms with van der Waals surface area (Å²) < 4.78 is 37.7. The van der Waals surface area contributed by atoms with Crippen molar-refractivity contribution in [2.45, 2.75) is 6.18 Å². The number of allylic oxidation sites excluding steroid dienone is 1. The van der Waals surface area contributed by atoms with E-state index in [4.69, 9.17) is 11.6 Å². The number of carbonyl (C=O) groups is 1. The number of hydrogen-bond acceptors (Lipinski definition) is 1. The lowest BCUT2D eigenvalue weighted by Gasteiger charge is -2.07. The van der Waals surface area contributed by atoms with Crippen LogP contribution < -0.4 is 0 Å². The minimum Gasteiger partial charge on any atom is -0.289 e. The molecule has 2 rings (SSSR count). The molecule has 0 bridgehead atoms. The van der Waals surface area contributed by atoms with Crippen LogP contribution in [0.15, 0.2) is 54.6 Å². The Kier molecular flexibility index (Phi) is 4.48. The quantitative estimate of drug-likeness (QED) is 0.558. The summed E-state index contributed by atoms with van der Waals surface area (Å²) in [5, 5.41) is 0.566. The molecule has 0 heterocycles. The first-order valence-corrected chi connectivity index (χ1v) is 6.39. The van der Waals surface area contributed by atoms with Gasteiger partial charge in [0.05, 0.1) is 5.56 Å². The summed E-state index contributed by atoms with van der Waals surface area (Å²) >= 11 is 5.73. The molecule has 108 valence electrons. The molecule has 0 unspecified atom stereocenters. The average Bonchev–Trinajstić information content (AvgIpc) is 2.45. The van der Waals surface area contributed by atoms with Gasteiger partial charge in [-0.05, 0) is 35.9 Å². The zero-order chi connectivity index (χ0) is 15.5. The van der Waals surface area contributed by atoms with Gasteiger partial charge in [0, 0.05) is 10.6 Å². The molecule has 1 nitrogen and oxygen atoms in total. The second-order valence-electron chi connectivity index (χ2n) is 4.33. The molecule has 5 heteroatoms. The van der Waals surface area contributed by atoms with Crippen molar-refractivity contribution in [2.75, 3.05) is 0 Å². The lowest BCUT2D eigenvalue weighted by Crippen LogP contribution is -2.06. The second kappa shape index (κ2) is 6.14. The number of ketones is 1. The fourth-order valence-electron chi connectivity index (χ4n) is 1.69. The Balaban J connectivity index is 2.19. The van der Waals surface area contributed by atoms with E-state index in [1.807, 2.05) is 0 Å². The molecule has 0 atom stereocenters. The summed E-state index contributed by atoms with van der Waals surface area (Å²) in [7, 11) is 0. The second-order valence-corrected chi connectivity index (χ2v) is 4.76. The van der Waals surface area contributed by atoms with Crippen LogP contribution >= 0.6 is 11.6 Å². The van der Waals surface area contributed by atoms with Crippen molar-refractivity contribution in [1.82, 2.24) is 0 Å². The van der Waals surface area contributed by atoms with E-state index in [0.29, 0.717) is 5.02 Å². The molecule has 0 saturated heterocycles. The summed E-state index contributed by atoms with van der Waals surface area (Å²) in [6.07, 6.45) is -1.70. The van der Waals surface area contributed by atoms with Crippen LogP contribution in [0.4, 0.5) is 13.2 Å². The predicted octanol–water partition coefficient (Wildman–Crippen LogP) is 5.25. The highest BCUT2D eigenvalue weighted by atomic mass is 35.5. The Morgan fingerprint density at radius 1 is 1.05 bits per heavy atom. The molecular weight excluding hydrogens is 301 g/mol. The van der Waals surface area contributed by atoms with E-state index in [-0.39, 0.29) is 5.56 Å². The van der Waals surface area contributed by atoms with Crippen LogP contribution in [0.25, 0.3) is 6.08 Å². The van der Waals surface area contributed by atoms with Gasteiger partial charge in [-0.25, -0.2) is 0 Å². The molecule has 21 heavy (non-hydrogen) atoms. The normalized spacial score (nSPS) is 11.8. The van der Waals surface area contributed by atoms with Crippen LogP contribution in [-0.2, 0) is 6.18 Å². The summed E-state index contributed by atoms with van der Waals surface area (Å²) in [5.74, 6) is -0.490. The van der Waals surface area contributed by atoms with Crippen molar-refractivity contribution in [3.05, 3.63) is 76.3 Å². The SMILES string of the molecule is O=C(/C=C\c1ccc(Cl)cc1)c1cccc(C(F)(F)F)c1. The first-order valence-electron chi connectivity index (χ1n) is 6.01. The largest absolute Gasteiger partial charge is 0.416 e. The van der Waals surface area contributed by atoms with Crippen molar-refractivity contribution < 1.29 is 18.0 Å². The molecular formula is C16H10ClF3O. The Labute approximate surface area is 124 Å². The molecule has 0 fully saturated rings. The first kappa shape index (κ1) is 15.3. The fourth-order valence-corrected chi connectivity index (χ4v) is 1.82. The topological polar surface area (TPSA) is 17.1 Å². The van der Waals surface area contributed by atoms with Crippen LogP contribution in [0.5, 0.6) is 0 Å². The van der Waals surface area contributed by atoms with Gasteiger partial charge < -0.3 is 0 Å². The van der Waals surface area contributed by atoms with E-state index in [2.05, 4.69) is 0 Å². The van der Waals surface area contributed by atoms with E-state index in [9.17, 15) is 18.0 Å². The number of rotatable bonds is 3. The van der Waals surface area contributed by atoms with E-state index >= 15 is 0 Å². The summed E-state index contributed by atoms with van der Waals surface area (Å²) in [5.41, 5.74) is -0.108. The maximum absolute atomic E-state index is 12.6. The van der Waals surface area contributed by atoms with Crippen LogP contribution in [0, 0.1) is 0 Å². The molecule has 0 aliphatic heterocycles. The number of carbonyl (C=O) groups excluding carboxylic acids is 1. The highest BCUT2D eigenvalue weighted by molar-refractivity contribution is 6.30. The molecule has 0 saturated carbocycles. The molecule has 0 aliphatic carbocycles. The van der Waals surface area contributed by atoms with E-state index in [1.54, 1.807) is 24.3 Å². The van der Waals surface area contributed by atoms with Gasteiger partial charge in [0.1, 0.15) is 0 Å². The number of alkyl halides is 3. The van der Waals surface area contributed by atoms with Crippen molar-refractivity contribution in [3.8, 4) is 0 Å². The Morgan fingerprint density at radius 2 is 1.71 bits per heavy atom. The minimum atomic E-state index is -4.46. The zero-order valence-corrected chi connectivity index (χ0v) is 11.4. The van der Waals surface area contributed by atoms with Crippen molar-refractivity contribution in [3.63, 3.8) is 0 Å². The van der Waals surface area contributed by atoms with Crippen molar-refractivity contribution >= 4 is 23.5 Å². The fraction of sp³-hybridized carbons (Fsp3) is 0.0625. The highest BCUT2D eigenvalue weighted by Gasteiger charge is 2.30. The van der Waals surface area contributed by atoms with E-state index in [1.165, 1.54) is 24.3 Å². The monoisotopic (exact) mass is 310 g/mol. The van der Waals surface area contributed by atoms with Gasteiger partial charge in [0.15, 0.2) is 5.78 Å². The predicted molar refractivity (Wildman–Crippen MR) is 76.3 cm³/mol. The summed E-state index contributed by atoms with van der Waals surface area (Å²) in [6, 6.07) is 11.1. The summed E-state index contributed by atoms with van der Waals surface area (Å²) in [4.78, 5) is 11.9. The molecule has 0 N–H and O–H groups in total. The van der Waals surface area contributed by atoms with Crippen LogP contribution in [0.1, 0.15) is 21.5 Å². The molecule has 0 spiro atoms. The third-order valence-electron chi connectivity index (χ3n) is 2.77. The van der Waals surface area contributed by atoms with Crippen LogP contribution in [0.3, 0.4) is 0 Å². The van der Waals surface area contributed by atoms with Crippen LogP contribution in [0.2, 0.25) is 5.02 Å². The number of halogens is 4. The smallest absolute Gasteiger partial charge is 0.289 e. The average molecular weight is 311 g/mol. The van der Waals surface area contributed by atoms with Gasteiger partial charge in [0.2, 0.25) is 0 Å². The van der Waals surface area contributed by atoms with Gasteiger partial charge in [-0.15, -0.1) is 0 Å². The molecule has 0 amide bonds. The standard InChI is InChI=1S/C16H10ClF3O/c17-14-7-4-11(5-8-14)6-9-15(21)12-2-1-3-13(10-12)16(18,19)20/h1-10H/b9-6-. The maximum atomic E-state index is 12.6. The van der Waals surface area contributed by atoms with Gasteiger partial charge in [-0.2, -0.15) is 13.2 Å². The molecule has 2 aromatic rings. The third kappa shape index (κ3) is 4.20. The lowest BCUT2D eigenvalue weighted by atomic mass is 10.1.